The smallest absolute Gasteiger partial charge is 0.209 e. The van der Waals surface area contributed by atoms with Crippen LogP contribution in [0.2, 0.25) is 5.02 Å². The van der Waals surface area contributed by atoms with E-state index in [0.29, 0.717) is 5.56 Å². The summed E-state index contributed by atoms with van der Waals surface area (Å²) in [4.78, 5) is 15.9. The zero-order valence-corrected chi connectivity index (χ0v) is 22.0. The van der Waals surface area contributed by atoms with Crippen LogP contribution in [-0.2, 0) is 4.79 Å². The topological polar surface area (TPSA) is 47.3 Å². The highest BCUT2D eigenvalue weighted by Gasteiger charge is 2.18. The van der Waals surface area contributed by atoms with Crippen LogP contribution in [0.4, 0.5) is 0 Å². The predicted octanol–water partition coefficient (Wildman–Crippen LogP) is 6.76. The third-order valence-corrected chi connectivity index (χ3v) is 7.69. The molecule has 0 N–H and O–H groups in total. The molecule has 0 saturated carbocycles. The number of rotatable bonds is 5. The Labute approximate surface area is 216 Å². The van der Waals surface area contributed by atoms with Crippen LogP contribution in [0.15, 0.2) is 75.4 Å². The van der Waals surface area contributed by atoms with Crippen LogP contribution in [0.5, 0.6) is 0 Å². The second-order valence-corrected chi connectivity index (χ2v) is 10.9. The Morgan fingerprint density at radius 1 is 0.882 bits per heavy atom. The first-order valence-electron chi connectivity index (χ1n) is 11.0. The minimum Gasteiger partial charge on any atom is -0.343 e. The third-order valence-electron chi connectivity index (χ3n) is 5.14. The molecule has 1 fully saturated rings. The Morgan fingerprint density at radius 3 is 2.15 bits per heavy atom. The lowest BCUT2D eigenvalue weighted by atomic mass is 10.2. The van der Waals surface area contributed by atoms with Crippen molar-refractivity contribution in [1.29, 1.82) is 5.26 Å². The SMILES string of the molecule is Cc1cc(Cl)cc(Sc2ccc(C#N)cc2SN2CCN(C=O)CC2)c1.Cc1cccc(C)c1. The second-order valence-electron chi connectivity index (χ2n) is 8.16. The lowest BCUT2D eigenvalue weighted by Crippen LogP contribution is -2.42. The van der Waals surface area contributed by atoms with Crippen LogP contribution in [-0.4, -0.2) is 41.8 Å². The van der Waals surface area contributed by atoms with Gasteiger partial charge in [0, 0.05) is 45.9 Å². The fourth-order valence-electron chi connectivity index (χ4n) is 3.47. The van der Waals surface area contributed by atoms with E-state index in [1.807, 2.05) is 37.3 Å². The van der Waals surface area contributed by atoms with Crippen molar-refractivity contribution in [3.05, 3.63) is 87.9 Å². The van der Waals surface area contributed by atoms with Crippen LogP contribution < -0.4 is 0 Å². The summed E-state index contributed by atoms with van der Waals surface area (Å²) in [6.07, 6.45) is 0.904. The van der Waals surface area contributed by atoms with Gasteiger partial charge in [0.1, 0.15) is 0 Å². The summed E-state index contributed by atoms with van der Waals surface area (Å²) in [5, 5.41) is 9.97. The van der Waals surface area contributed by atoms with Crippen LogP contribution in [0, 0.1) is 32.1 Å². The predicted molar refractivity (Wildman–Crippen MR) is 142 cm³/mol. The zero-order chi connectivity index (χ0) is 24.5. The van der Waals surface area contributed by atoms with Gasteiger partial charge in [0.15, 0.2) is 0 Å². The van der Waals surface area contributed by atoms with Gasteiger partial charge in [-0.05, 0) is 74.7 Å². The second kappa shape index (κ2) is 12.9. The highest BCUT2D eigenvalue weighted by Crippen LogP contribution is 2.38. The first-order chi connectivity index (χ1) is 16.4. The Balaban J connectivity index is 0.000000343. The van der Waals surface area contributed by atoms with E-state index in [9.17, 15) is 10.1 Å². The van der Waals surface area contributed by atoms with E-state index in [4.69, 9.17) is 11.6 Å². The number of carbonyl (C=O) groups excluding carboxylic acids is 1. The lowest BCUT2D eigenvalue weighted by Gasteiger charge is -2.31. The normalized spacial score (nSPS) is 13.6. The molecule has 0 atom stereocenters. The number of benzene rings is 3. The summed E-state index contributed by atoms with van der Waals surface area (Å²) in [6.45, 7) is 9.30. The monoisotopic (exact) mass is 509 g/mol. The van der Waals surface area contributed by atoms with Crippen molar-refractivity contribution in [3.63, 3.8) is 0 Å². The summed E-state index contributed by atoms with van der Waals surface area (Å²) in [5.74, 6) is 0. The standard InChI is InChI=1S/C19H18ClN3OS2.C8H10/c1-14-8-16(20)11-17(9-14)25-18-3-2-15(12-21)10-19(18)26-23-6-4-22(13-24)5-7-23;1-7-4-3-5-8(2)6-7/h2-3,8-11,13H,4-7H2,1H3;3-6H,1-2H3. The molecular formula is C27H28ClN3OS2. The van der Waals surface area contributed by atoms with Gasteiger partial charge in [0.05, 0.1) is 11.6 Å². The van der Waals surface area contributed by atoms with Gasteiger partial charge < -0.3 is 4.90 Å². The van der Waals surface area contributed by atoms with Crippen molar-refractivity contribution in [2.75, 3.05) is 26.2 Å². The molecule has 1 aliphatic rings. The quantitative estimate of drug-likeness (QED) is 0.281. The Kier molecular flexibility index (Phi) is 9.91. The average Bonchev–Trinajstić information content (AvgIpc) is 2.80. The van der Waals surface area contributed by atoms with Crippen molar-refractivity contribution in [1.82, 2.24) is 9.21 Å². The maximum absolute atomic E-state index is 10.9. The van der Waals surface area contributed by atoms with Gasteiger partial charge in [0.25, 0.3) is 0 Å². The third kappa shape index (κ3) is 8.11. The molecule has 4 rings (SSSR count). The van der Waals surface area contributed by atoms with Crippen molar-refractivity contribution in [3.8, 4) is 6.07 Å². The molecule has 0 spiro atoms. The van der Waals surface area contributed by atoms with Crippen molar-refractivity contribution in [2.45, 2.75) is 35.5 Å². The number of hydrogen-bond donors (Lipinski definition) is 0. The molecule has 0 bridgehead atoms. The molecule has 1 heterocycles. The van der Waals surface area contributed by atoms with Crippen LogP contribution in [0.3, 0.4) is 0 Å². The number of nitriles is 1. The van der Waals surface area contributed by atoms with Gasteiger partial charge in [-0.3, -0.25) is 4.79 Å². The summed E-state index contributed by atoms with van der Waals surface area (Å²) >= 11 is 9.48. The van der Waals surface area contributed by atoms with Crippen LogP contribution in [0.1, 0.15) is 22.3 Å². The minimum absolute atomic E-state index is 0.644. The van der Waals surface area contributed by atoms with Crippen molar-refractivity contribution >= 4 is 41.7 Å². The van der Waals surface area contributed by atoms with Crippen molar-refractivity contribution < 1.29 is 4.79 Å². The fourth-order valence-corrected chi connectivity index (χ4v) is 6.00. The zero-order valence-electron chi connectivity index (χ0n) is 19.6. The van der Waals surface area contributed by atoms with Crippen LogP contribution in [0.25, 0.3) is 0 Å². The number of amides is 1. The summed E-state index contributed by atoms with van der Waals surface area (Å²) < 4.78 is 2.24. The van der Waals surface area contributed by atoms with Gasteiger partial charge >= 0.3 is 0 Å². The molecule has 0 aromatic heterocycles. The highest BCUT2D eigenvalue weighted by molar-refractivity contribution is 8.01. The molecule has 34 heavy (non-hydrogen) atoms. The Hall–Kier alpha value is -2.43. The number of piperazine rings is 1. The molecule has 1 saturated heterocycles. The van der Waals surface area contributed by atoms with E-state index in [-0.39, 0.29) is 0 Å². The number of carbonyl (C=O) groups is 1. The summed E-state index contributed by atoms with van der Waals surface area (Å²) in [6, 6.07) is 22.4. The first kappa shape index (κ1) is 26.2. The average molecular weight is 510 g/mol. The molecule has 3 aromatic carbocycles. The van der Waals surface area contributed by atoms with Crippen molar-refractivity contribution in [2.24, 2.45) is 0 Å². The Morgan fingerprint density at radius 2 is 1.59 bits per heavy atom. The van der Waals surface area contributed by atoms with Gasteiger partial charge in [-0.15, -0.1) is 0 Å². The number of halogens is 1. The van der Waals surface area contributed by atoms with Gasteiger partial charge in [-0.1, -0.05) is 58.8 Å². The van der Waals surface area contributed by atoms with E-state index < -0.39 is 0 Å². The highest BCUT2D eigenvalue weighted by atomic mass is 35.5. The fraction of sp³-hybridized carbons (Fsp3) is 0.259. The number of aryl methyl sites for hydroxylation is 3. The van der Waals surface area contributed by atoms with E-state index in [1.165, 1.54) is 11.1 Å². The largest absolute Gasteiger partial charge is 0.343 e. The Bertz CT molecular complexity index is 1130. The van der Waals surface area contributed by atoms with E-state index in [0.717, 1.165) is 57.9 Å². The van der Waals surface area contributed by atoms with E-state index >= 15 is 0 Å². The summed E-state index contributed by atoms with van der Waals surface area (Å²) in [5.41, 5.74) is 4.44. The molecule has 0 aliphatic carbocycles. The van der Waals surface area contributed by atoms with Gasteiger partial charge in [-0.2, -0.15) is 5.26 Å². The summed E-state index contributed by atoms with van der Waals surface area (Å²) in [7, 11) is 0. The lowest BCUT2D eigenvalue weighted by molar-refractivity contribution is -0.119. The van der Waals surface area contributed by atoms with Gasteiger partial charge in [0.2, 0.25) is 6.41 Å². The van der Waals surface area contributed by atoms with E-state index in [1.54, 1.807) is 28.6 Å². The molecular weight excluding hydrogens is 482 g/mol. The molecule has 1 amide bonds. The molecule has 3 aromatic rings. The minimum atomic E-state index is 0.644. The van der Waals surface area contributed by atoms with Gasteiger partial charge in [-0.25, -0.2) is 4.31 Å². The maximum Gasteiger partial charge on any atom is 0.209 e. The molecule has 0 unspecified atom stereocenters. The van der Waals surface area contributed by atoms with Crippen LogP contribution >= 0.6 is 35.3 Å². The first-order valence-corrected chi connectivity index (χ1v) is 13.0. The maximum atomic E-state index is 10.9. The molecule has 1 aliphatic heterocycles. The molecule has 176 valence electrons. The molecule has 4 nitrogen and oxygen atoms in total. The molecule has 7 heteroatoms. The molecule has 0 radical (unpaired) electrons. The van der Waals surface area contributed by atoms with E-state index in [2.05, 4.69) is 54.6 Å². The number of nitrogens with zero attached hydrogens (tertiary/aromatic N) is 3. The number of hydrogen-bond acceptors (Lipinski definition) is 5.